The first kappa shape index (κ1) is 12.1. The van der Waals surface area contributed by atoms with Crippen LogP contribution in [0.3, 0.4) is 0 Å². The molecule has 3 aromatic rings. The molecule has 3 aromatic heterocycles. The van der Waals surface area contributed by atoms with Gasteiger partial charge in [-0.2, -0.15) is 0 Å². The quantitative estimate of drug-likeness (QED) is 0.724. The summed E-state index contributed by atoms with van der Waals surface area (Å²) in [7, 11) is 1.65. The van der Waals surface area contributed by atoms with E-state index in [9.17, 15) is 9.59 Å². The van der Waals surface area contributed by atoms with Crippen LogP contribution in [0.1, 0.15) is 10.4 Å². The normalized spacial score (nSPS) is 10.8. The number of imidazole rings is 1. The number of nitrogens with zero attached hydrogens (tertiary/aromatic N) is 3. The number of aromatic carboxylic acids is 1. The number of rotatable bonds is 2. The van der Waals surface area contributed by atoms with Gasteiger partial charge >= 0.3 is 5.97 Å². The first-order chi connectivity index (χ1) is 9.56. The number of carboxylic acid groups (broad SMARTS) is 1. The molecule has 0 aliphatic heterocycles. The predicted octanol–water partition coefficient (Wildman–Crippen LogP) is 1.02. The molecular weight excluding hydrogens is 260 g/mol. The number of H-pyrrole nitrogens is 1. The second-order valence-corrected chi connectivity index (χ2v) is 4.31. The van der Waals surface area contributed by atoms with Crippen LogP contribution < -0.4 is 5.56 Å². The highest BCUT2D eigenvalue weighted by atomic mass is 16.4. The lowest BCUT2D eigenvalue weighted by atomic mass is 10.2. The van der Waals surface area contributed by atoms with Crippen molar-refractivity contribution in [2.45, 2.75) is 0 Å². The van der Waals surface area contributed by atoms with Crippen molar-refractivity contribution in [1.82, 2.24) is 19.5 Å². The summed E-state index contributed by atoms with van der Waals surface area (Å²) in [6.45, 7) is 0. The molecule has 3 rings (SSSR count). The van der Waals surface area contributed by atoms with E-state index in [4.69, 9.17) is 5.11 Å². The van der Waals surface area contributed by atoms with Crippen molar-refractivity contribution < 1.29 is 9.90 Å². The molecule has 0 saturated heterocycles. The summed E-state index contributed by atoms with van der Waals surface area (Å²) < 4.78 is 1.44. The summed E-state index contributed by atoms with van der Waals surface area (Å²) in [6.07, 6.45) is 3.01. The van der Waals surface area contributed by atoms with Crippen LogP contribution in [-0.4, -0.2) is 30.6 Å². The number of aromatic nitrogens is 4. The van der Waals surface area contributed by atoms with Gasteiger partial charge in [-0.05, 0) is 12.1 Å². The number of carbonyl (C=O) groups is 1. The number of nitrogens with one attached hydrogen (secondary N) is 1. The number of carboxylic acids is 1. The zero-order valence-electron chi connectivity index (χ0n) is 10.5. The highest BCUT2D eigenvalue weighted by Gasteiger charge is 2.14. The van der Waals surface area contributed by atoms with E-state index < -0.39 is 5.97 Å². The highest BCUT2D eigenvalue weighted by Crippen LogP contribution is 2.20. The van der Waals surface area contributed by atoms with Gasteiger partial charge in [0.15, 0.2) is 5.65 Å². The number of hydrogen-bond donors (Lipinski definition) is 2. The summed E-state index contributed by atoms with van der Waals surface area (Å²) in [6, 6.07) is 4.55. The molecule has 0 unspecified atom stereocenters. The minimum absolute atomic E-state index is 0.0950. The summed E-state index contributed by atoms with van der Waals surface area (Å²) in [4.78, 5) is 33.9. The van der Waals surface area contributed by atoms with Gasteiger partial charge in [-0.1, -0.05) is 0 Å². The number of fused-ring (bicyclic) bond motifs is 1. The van der Waals surface area contributed by atoms with Crippen molar-refractivity contribution in [3.05, 3.63) is 46.5 Å². The maximum absolute atomic E-state index is 11.6. The maximum atomic E-state index is 11.6. The van der Waals surface area contributed by atoms with Crippen LogP contribution in [0.4, 0.5) is 0 Å². The Morgan fingerprint density at radius 1 is 1.40 bits per heavy atom. The standard InChI is InChI=1S/C13H10N4O3/c1-17-5-3-7(6-9(17)18)11-15-10-8(13(19)20)2-4-14-12(10)16-11/h2-6H,1H3,(H,19,20)(H,14,15,16). The van der Waals surface area contributed by atoms with Gasteiger partial charge in [0.2, 0.25) is 0 Å². The van der Waals surface area contributed by atoms with E-state index >= 15 is 0 Å². The molecule has 3 heterocycles. The third kappa shape index (κ3) is 1.85. The summed E-state index contributed by atoms with van der Waals surface area (Å²) in [5, 5.41) is 9.11. The molecule has 7 heteroatoms. The molecule has 20 heavy (non-hydrogen) atoms. The smallest absolute Gasteiger partial charge is 0.338 e. The predicted molar refractivity (Wildman–Crippen MR) is 71.5 cm³/mol. The third-order valence-corrected chi connectivity index (χ3v) is 3.00. The van der Waals surface area contributed by atoms with Gasteiger partial charge in [-0.3, -0.25) is 4.79 Å². The number of pyridine rings is 2. The van der Waals surface area contributed by atoms with E-state index in [2.05, 4.69) is 15.0 Å². The molecule has 0 radical (unpaired) electrons. The van der Waals surface area contributed by atoms with Crippen LogP contribution in [0.15, 0.2) is 35.4 Å². The highest BCUT2D eigenvalue weighted by molar-refractivity contribution is 6.00. The zero-order valence-corrected chi connectivity index (χ0v) is 10.5. The van der Waals surface area contributed by atoms with E-state index in [1.54, 1.807) is 19.3 Å². The molecule has 0 bridgehead atoms. The van der Waals surface area contributed by atoms with Crippen LogP contribution in [0.5, 0.6) is 0 Å². The molecular formula is C13H10N4O3. The van der Waals surface area contributed by atoms with Gasteiger partial charge in [-0.15, -0.1) is 0 Å². The number of aryl methyl sites for hydroxylation is 1. The van der Waals surface area contributed by atoms with E-state index in [1.807, 2.05) is 0 Å². The van der Waals surface area contributed by atoms with Crippen molar-refractivity contribution in [2.75, 3.05) is 0 Å². The van der Waals surface area contributed by atoms with Crippen molar-refractivity contribution >= 4 is 17.1 Å². The molecule has 0 fully saturated rings. The molecule has 2 N–H and O–H groups in total. The van der Waals surface area contributed by atoms with E-state index in [0.29, 0.717) is 22.6 Å². The fourth-order valence-electron chi connectivity index (χ4n) is 1.92. The van der Waals surface area contributed by atoms with Gasteiger partial charge in [0.05, 0.1) is 11.1 Å². The SMILES string of the molecule is Cn1ccc(-c2nc3nccc(C(=O)O)c3[nH]2)cc1=O. The van der Waals surface area contributed by atoms with Gasteiger partial charge in [-0.25, -0.2) is 14.8 Å². The van der Waals surface area contributed by atoms with Crippen LogP contribution >= 0.6 is 0 Å². The fraction of sp³-hybridized carbons (Fsp3) is 0.0769. The molecule has 0 aromatic carbocycles. The number of aromatic amines is 1. The van der Waals surface area contributed by atoms with Gasteiger partial charge < -0.3 is 14.7 Å². The van der Waals surface area contributed by atoms with E-state index in [0.717, 1.165) is 0 Å². The Balaban J connectivity index is 2.23. The lowest BCUT2D eigenvalue weighted by Crippen LogP contribution is -2.14. The average Bonchev–Trinajstić information content (AvgIpc) is 2.85. The van der Waals surface area contributed by atoms with E-state index in [-0.39, 0.29) is 11.1 Å². The van der Waals surface area contributed by atoms with Crippen LogP contribution in [0.25, 0.3) is 22.6 Å². The second-order valence-electron chi connectivity index (χ2n) is 4.31. The van der Waals surface area contributed by atoms with Crippen molar-refractivity contribution in [3.8, 4) is 11.4 Å². The van der Waals surface area contributed by atoms with E-state index in [1.165, 1.54) is 22.9 Å². The second kappa shape index (κ2) is 4.30. The topological polar surface area (TPSA) is 101 Å². The Hall–Kier alpha value is -2.96. The minimum atomic E-state index is -1.06. The monoisotopic (exact) mass is 270 g/mol. The largest absolute Gasteiger partial charge is 0.478 e. The molecule has 100 valence electrons. The zero-order chi connectivity index (χ0) is 14.3. The van der Waals surface area contributed by atoms with Gasteiger partial charge in [0, 0.05) is 31.1 Å². The van der Waals surface area contributed by atoms with Crippen LogP contribution in [0, 0.1) is 0 Å². The lowest BCUT2D eigenvalue weighted by molar-refractivity contribution is 0.0698. The maximum Gasteiger partial charge on any atom is 0.338 e. The minimum Gasteiger partial charge on any atom is -0.478 e. The van der Waals surface area contributed by atoms with Crippen molar-refractivity contribution in [2.24, 2.45) is 7.05 Å². The summed E-state index contributed by atoms with van der Waals surface area (Å²) >= 11 is 0. The third-order valence-electron chi connectivity index (χ3n) is 3.00. The van der Waals surface area contributed by atoms with Crippen LogP contribution in [0.2, 0.25) is 0 Å². The fourth-order valence-corrected chi connectivity index (χ4v) is 1.92. The molecule has 0 atom stereocenters. The van der Waals surface area contributed by atoms with Gasteiger partial charge in [0.25, 0.3) is 5.56 Å². The van der Waals surface area contributed by atoms with Crippen molar-refractivity contribution in [3.63, 3.8) is 0 Å². The lowest BCUT2D eigenvalue weighted by Gasteiger charge is -1.98. The molecule has 7 nitrogen and oxygen atoms in total. The average molecular weight is 270 g/mol. The first-order valence-electron chi connectivity index (χ1n) is 5.81. The van der Waals surface area contributed by atoms with Crippen molar-refractivity contribution in [1.29, 1.82) is 0 Å². The Kier molecular flexibility index (Phi) is 2.60. The van der Waals surface area contributed by atoms with Gasteiger partial charge in [0.1, 0.15) is 5.82 Å². The molecule has 0 amide bonds. The molecule has 0 spiro atoms. The van der Waals surface area contributed by atoms with Crippen LogP contribution in [-0.2, 0) is 7.05 Å². The Morgan fingerprint density at radius 2 is 2.20 bits per heavy atom. The Labute approximate surface area is 112 Å². The number of hydrogen-bond acceptors (Lipinski definition) is 4. The molecule has 0 saturated carbocycles. The summed E-state index contributed by atoms with van der Waals surface area (Å²) in [5.41, 5.74) is 1.16. The Morgan fingerprint density at radius 3 is 2.90 bits per heavy atom. The molecule has 0 aliphatic rings. The Bertz CT molecular complexity index is 879. The first-order valence-corrected chi connectivity index (χ1v) is 5.81. The molecule has 0 aliphatic carbocycles. The summed E-state index contributed by atoms with van der Waals surface area (Å²) in [5.74, 6) is -0.643.